The van der Waals surface area contributed by atoms with Crippen molar-refractivity contribution in [2.45, 2.75) is 45.4 Å². The summed E-state index contributed by atoms with van der Waals surface area (Å²) < 4.78 is 0. The van der Waals surface area contributed by atoms with E-state index in [0.29, 0.717) is 5.92 Å². The third-order valence-corrected chi connectivity index (χ3v) is 3.01. The summed E-state index contributed by atoms with van der Waals surface area (Å²) in [7, 11) is 0. The van der Waals surface area contributed by atoms with Crippen molar-refractivity contribution >= 4 is 6.09 Å². The van der Waals surface area contributed by atoms with Gasteiger partial charge in [0.05, 0.1) is 0 Å². The normalized spacial score (nSPS) is 22.4. The molecule has 82 valence electrons. The summed E-state index contributed by atoms with van der Waals surface area (Å²) in [6, 6.07) is 0. The lowest BCUT2D eigenvalue weighted by Crippen LogP contribution is -2.38. The van der Waals surface area contributed by atoms with Crippen LogP contribution in [0.1, 0.15) is 45.4 Å². The molecule has 0 bridgehead atoms. The molecule has 14 heavy (non-hydrogen) atoms. The van der Waals surface area contributed by atoms with Gasteiger partial charge in [-0.15, -0.1) is 0 Å². The number of hydrogen-bond acceptors (Lipinski definition) is 1. The number of carboxylic acid groups (broad SMARTS) is 1. The van der Waals surface area contributed by atoms with Gasteiger partial charge in [0.1, 0.15) is 0 Å². The molecule has 0 saturated carbocycles. The minimum atomic E-state index is -0.745. The van der Waals surface area contributed by atoms with Crippen LogP contribution < -0.4 is 0 Å². The van der Waals surface area contributed by atoms with Gasteiger partial charge in [-0.05, 0) is 25.2 Å². The molecule has 1 amide bonds. The van der Waals surface area contributed by atoms with Crippen molar-refractivity contribution < 1.29 is 9.90 Å². The Morgan fingerprint density at radius 2 is 2.29 bits per heavy atom. The summed E-state index contributed by atoms with van der Waals surface area (Å²) in [4.78, 5) is 12.3. The lowest BCUT2D eigenvalue weighted by atomic mass is 9.93. The first-order valence-corrected chi connectivity index (χ1v) is 5.72. The second-order valence-electron chi connectivity index (χ2n) is 4.23. The Labute approximate surface area is 86.1 Å². The van der Waals surface area contributed by atoms with Crippen molar-refractivity contribution in [1.82, 2.24) is 4.90 Å². The van der Waals surface area contributed by atoms with Gasteiger partial charge in [0.2, 0.25) is 0 Å². The zero-order valence-electron chi connectivity index (χ0n) is 9.04. The molecule has 3 heteroatoms. The van der Waals surface area contributed by atoms with E-state index in [1.54, 1.807) is 4.90 Å². The van der Waals surface area contributed by atoms with Gasteiger partial charge in [-0.2, -0.15) is 0 Å². The van der Waals surface area contributed by atoms with Gasteiger partial charge in [0, 0.05) is 13.1 Å². The minimum Gasteiger partial charge on any atom is -0.465 e. The molecule has 1 aliphatic heterocycles. The summed E-state index contributed by atoms with van der Waals surface area (Å²) in [5, 5.41) is 8.85. The molecule has 0 unspecified atom stereocenters. The fraction of sp³-hybridized carbons (Fsp3) is 0.909. The number of unbranched alkanes of at least 4 members (excludes halogenated alkanes) is 2. The number of amides is 1. The van der Waals surface area contributed by atoms with Crippen LogP contribution in [0.5, 0.6) is 0 Å². The monoisotopic (exact) mass is 199 g/mol. The van der Waals surface area contributed by atoms with E-state index in [1.165, 1.54) is 32.1 Å². The number of piperidine rings is 1. The number of nitrogens with zero attached hydrogens (tertiary/aromatic N) is 1. The first kappa shape index (κ1) is 11.3. The van der Waals surface area contributed by atoms with E-state index in [-0.39, 0.29) is 0 Å². The van der Waals surface area contributed by atoms with Crippen molar-refractivity contribution in [2.24, 2.45) is 5.92 Å². The maximum Gasteiger partial charge on any atom is 0.407 e. The number of rotatable bonds is 4. The fourth-order valence-electron chi connectivity index (χ4n) is 2.16. The lowest BCUT2D eigenvalue weighted by Gasteiger charge is -2.30. The van der Waals surface area contributed by atoms with Crippen LogP contribution in [0.25, 0.3) is 0 Å². The quantitative estimate of drug-likeness (QED) is 0.707. The van der Waals surface area contributed by atoms with E-state index >= 15 is 0 Å². The molecule has 1 fully saturated rings. The molecule has 0 spiro atoms. The molecule has 3 nitrogen and oxygen atoms in total. The number of likely N-dealkylation sites (tertiary alicyclic amines) is 1. The van der Waals surface area contributed by atoms with Crippen molar-refractivity contribution in [3.05, 3.63) is 0 Å². The Kier molecular flexibility index (Phi) is 4.77. The second kappa shape index (κ2) is 5.89. The second-order valence-corrected chi connectivity index (χ2v) is 4.23. The van der Waals surface area contributed by atoms with Crippen LogP contribution in [0, 0.1) is 5.92 Å². The predicted molar refractivity (Wildman–Crippen MR) is 56.5 cm³/mol. The van der Waals surface area contributed by atoms with Crippen LogP contribution in [0.4, 0.5) is 4.79 Å². The molecule has 1 saturated heterocycles. The largest absolute Gasteiger partial charge is 0.465 e. The van der Waals surface area contributed by atoms with Gasteiger partial charge in [0.15, 0.2) is 0 Å². The van der Waals surface area contributed by atoms with E-state index in [0.717, 1.165) is 19.5 Å². The van der Waals surface area contributed by atoms with Crippen molar-refractivity contribution in [1.29, 1.82) is 0 Å². The highest BCUT2D eigenvalue weighted by Gasteiger charge is 2.22. The molecule has 0 aromatic heterocycles. The zero-order valence-corrected chi connectivity index (χ0v) is 9.04. The molecule has 1 N–H and O–H groups in total. The van der Waals surface area contributed by atoms with Gasteiger partial charge in [-0.25, -0.2) is 4.79 Å². The van der Waals surface area contributed by atoms with E-state index in [2.05, 4.69) is 6.92 Å². The van der Waals surface area contributed by atoms with Gasteiger partial charge in [0.25, 0.3) is 0 Å². The summed E-state index contributed by atoms with van der Waals surface area (Å²) in [6.07, 6.45) is 6.51. The van der Waals surface area contributed by atoms with Crippen molar-refractivity contribution in [3.8, 4) is 0 Å². The molecular weight excluding hydrogens is 178 g/mol. The maximum absolute atomic E-state index is 10.8. The van der Waals surface area contributed by atoms with E-state index in [9.17, 15) is 4.79 Å². The molecule has 1 heterocycles. The molecule has 0 aromatic carbocycles. The van der Waals surface area contributed by atoms with Crippen LogP contribution in [0.2, 0.25) is 0 Å². The van der Waals surface area contributed by atoms with E-state index < -0.39 is 6.09 Å². The standard InChI is InChI=1S/C11H21NO2/c1-2-3-4-6-10-7-5-8-12(9-10)11(13)14/h10H,2-9H2,1H3,(H,13,14)/t10-/m0/s1. The van der Waals surface area contributed by atoms with Gasteiger partial charge < -0.3 is 10.0 Å². The minimum absolute atomic E-state index is 0.617. The average Bonchev–Trinajstić information content (AvgIpc) is 2.19. The Bertz CT molecular complexity index is 182. The smallest absolute Gasteiger partial charge is 0.407 e. The van der Waals surface area contributed by atoms with Crippen LogP contribution in [-0.4, -0.2) is 29.2 Å². The van der Waals surface area contributed by atoms with Crippen molar-refractivity contribution in [3.63, 3.8) is 0 Å². The molecular formula is C11H21NO2. The van der Waals surface area contributed by atoms with E-state index in [1.807, 2.05) is 0 Å². The van der Waals surface area contributed by atoms with Crippen LogP contribution >= 0.6 is 0 Å². The van der Waals surface area contributed by atoms with Gasteiger partial charge in [-0.3, -0.25) is 0 Å². The molecule has 0 aromatic rings. The van der Waals surface area contributed by atoms with Crippen LogP contribution in [0.15, 0.2) is 0 Å². The Hall–Kier alpha value is -0.730. The molecule has 0 radical (unpaired) electrons. The zero-order chi connectivity index (χ0) is 10.4. The van der Waals surface area contributed by atoms with Crippen molar-refractivity contribution in [2.75, 3.05) is 13.1 Å². The molecule has 0 aliphatic carbocycles. The Morgan fingerprint density at radius 3 is 2.93 bits per heavy atom. The Balaban J connectivity index is 2.22. The van der Waals surface area contributed by atoms with Gasteiger partial charge >= 0.3 is 6.09 Å². The molecule has 1 aliphatic rings. The fourth-order valence-corrected chi connectivity index (χ4v) is 2.16. The topological polar surface area (TPSA) is 40.5 Å². The maximum atomic E-state index is 10.8. The molecule has 1 atom stereocenters. The first-order chi connectivity index (χ1) is 6.74. The highest BCUT2D eigenvalue weighted by Crippen LogP contribution is 2.21. The third kappa shape index (κ3) is 3.56. The highest BCUT2D eigenvalue weighted by molar-refractivity contribution is 5.65. The average molecular weight is 199 g/mol. The van der Waals surface area contributed by atoms with Crippen LogP contribution in [-0.2, 0) is 0 Å². The first-order valence-electron chi connectivity index (χ1n) is 5.72. The summed E-state index contributed by atoms with van der Waals surface area (Å²) in [5.74, 6) is 0.617. The summed E-state index contributed by atoms with van der Waals surface area (Å²) in [6.45, 7) is 3.70. The molecule has 1 rings (SSSR count). The highest BCUT2D eigenvalue weighted by atomic mass is 16.4. The van der Waals surface area contributed by atoms with Crippen LogP contribution in [0.3, 0.4) is 0 Å². The SMILES string of the molecule is CCCCC[C@H]1CCCN(C(=O)O)C1. The summed E-state index contributed by atoms with van der Waals surface area (Å²) in [5.41, 5.74) is 0. The van der Waals surface area contributed by atoms with E-state index in [4.69, 9.17) is 5.11 Å². The van der Waals surface area contributed by atoms with Gasteiger partial charge in [-0.1, -0.05) is 26.2 Å². The third-order valence-electron chi connectivity index (χ3n) is 3.01. The Morgan fingerprint density at radius 1 is 1.50 bits per heavy atom. The number of hydrogen-bond donors (Lipinski definition) is 1. The number of carbonyl (C=O) groups is 1. The summed E-state index contributed by atoms with van der Waals surface area (Å²) >= 11 is 0. The lowest BCUT2D eigenvalue weighted by molar-refractivity contribution is 0.117. The predicted octanol–water partition coefficient (Wildman–Crippen LogP) is 2.96.